The minimum atomic E-state index is -1.13. The summed E-state index contributed by atoms with van der Waals surface area (Å²) in [5.74, 6) is -1.77. The van der Waals surface area contributed by atoms with E-state index >= 15 is 0 Å². The van der Waals surface area contributed by atoms with Crippen LogP contribution in [-0.2, 0) is 28.6 Å². The third-order valence-electron chi connectivity index (χ3n) is 10.6. The summed E-state index contributed by atoms with van der Waals surface area (Å²) in [6.07, 6.45) is 43.8. The fourth-order valence-corrected chi connectivity index (χ4v) is 6.99. The van der Waals surface area contributed by atoms with E-state index in [0.29, 0.717) is 12.8 Å². The highest BCUT2D eigenvalue weighted by Crippen LogP contribution is 2.16. The highest BCUT2D eigenvalue weighted by molar-refractivity contribution is 5.70. The molecule has 0 fully saturated rings. The van der Waals surface area contributed by atoms with Gasteiger partial charge < -0.3 is 28.6 Å². The third kappa shape index (κ3) is 37.4. The van der Waals surface area contributed by atoms with E-state index < -0.39 is 18.1 Å². The summed E-state index contributed by atoms with van der Waals surface area (Å²) < 4.78 is 17.1. The molecule has 0 amide bonds. The highest BCUT2D eigenvalue weighted by Gasteiger charge is 2.25. The van der Waals surface area contributed by atoms with Crippen molar-refractivity contribution in [3.8, 4) is 0 Å². The minimum Gasteiger partial charge on any atom is -0.544 e. The van der Waals surface area contributed by atoms with E-state index in [1.165, 1.54) is 128 Å². The summed E-state index contributed by atoms with van der Waals surface area (Å²) in [5, 5.41) is 11.6. The predicted octanol–water partition coefficient (Wildman–Crippen LogP) is 11.5. The van der Waals surface area contributed by atoms with E-state index in [4.69, 9.17) is 14.2 Å². The Balaban J connectivity index is 4.13. The number of esters is 2. The monoisotopic (exact) mass is 792 g/mol. The van der Waals surface area contributed by atoms with Gasteiger partial charge in [0.1, 0.15) is 12.6 Å². The summed E-state index contributed by atoms with van der Waals surface area (Å²) in [6.45, 7) is 4.52. The van der Waals surface area contributed by atoms with E-state index in [2.05, 4.69) is 38.2 Å². The first kappa shape index (κ1) is 53.8. The molecule has 0 bridgehead atoms. The lowest BCUT2D eigenvalue weighted by Crippen LogP contribution is -2.55. The van der Waals surface area contributed by atoms with Crippen molar-refractivity contribution >= 4 is 17.9 Å². The van der Waals surface area contributed by atoms with Crippen molar-refractivity contribution in [3.63, 3.8) is 0 Å². The first-order valence-corrected chi connectivity index (χ1v) is 23.4. The average molecular weight is 792 g/mol. The van der Waals surface area contributed by atoms with Gasteiger partial charge in [0.05, 0.1) is 40.3 Å². The number of allylic oxidation sites excluding steroid dienone is 4. The van der Waals surface area contributed by atoms with Crippen molar-refractivity contribution < 1.29 is 38.2 Å². The van der Waals surface area contributed by atoms with Crippen LogP contribution in [0.15, 0.2) is 24.3 Å². The fourth-order valence-electron chi connectivity index (χ4n) is 6.99. The molecule has 0 aromatic rings. The largest absolute Gasteiger partial charge is 0.544 e. The van der Waals surface area contributed by atoms with Gasteiger partial charge in [-0.15, -0.1) is 0 Å². The number of hydrogen-bond donors (Lipinski definition) is 0. The molecule has 0 aromatic carbocycles. The first-order valence-electron chi connectivity index (χ1n) is 23.4. The van der Waals surface area contributed by atoms with Gasteiger partial charge in [0.2, 0.25) is 0 Å². The fraction of sp³-hybridized carbons (Fsp3) is 0.854. The maximum atomic E-state index is 12.7. The van der Waals surface area contributed by atoms with Crippen LogP contribution < -0.4 is 5.11 Å². The van der Waals surface area contributed by atoms with Crippen LogP contribution in [0.2, 0.25) is 0 Å². The van der Waals surface area contributed by atoms with E-state index in [0.717, 1.165) is 51.4 Å². The number of carboxylic acids is 1. The lowest BCUT2D eigenvalue weighted by molar-refractivity contribution is -0.889. The summed E-state index contributed by atoms with van der Waals surface area (Å²) in [5.41, 5.74) is 0. The van der Waals surface area contributed by atoms with Crippen molar-refractivity contribution in [3.05, 3.63) is 24.3 Å². The molecular formula is C48H89NO7. The Kier molecular flexibility index (Phi) is 38.1. The lowest BCUT2D eigenvalue weighted by Gasteiger charge is -2.34. The van der Waals surface area contributed by atoms with E-state index in [1.54, 1.807) is 21.1 Å². The maximum absolute atomic E-state index is 12.7. The molecule has 0 saturated carbocycles. The van der Waals surface area contributed by atoms with E-state index in [-0.39, 0.29) is 42.7 Å². The molecule has 0 aliphatic carbocycles. The van der Waals surface area contributed by atoms with Gasteiger partial charge in [-0.25, -0.2) is 0 Å². The molecule has 0 heterocycles. The second kappa shape index (κ2) is 39.6. The number of quaternary nitrogens is 1. The van der Waals surface area contributed by atoms with Gasteiger partial charge in [-0.05, 0) is 38.5 Å². The Morgan fingerprint density at radius 1 is 0.554 bits per heavy atom. The first-order chi connectivity index (χ1) is 27.1. The molecule has 0 aromatic heterocycles. The summed E-state index contributed by atoms with van der Waals surface area (Å²) in [4.78, 5) is 36.7. The van der Waals surface area contributed by atoms with Gasteiger partial charge >= 0.3 is 11.9 Å². The zero-order valence-electron chi connectivity index (χ0n) is 37.3. The number of nitrogens with zero attached hydrogens (tertiary/aromatic N) is 1. The van der Waals surface area contributed by atoms with Crippen LogP contribution >= 0.6 is 0 Å². The average Bonchev–Trinajstić information content (AvgIpc) is 3.15. The molecule has 0 spiro atoms. The molecule has 0 saturated heterocycles. The Morgan fingerprint density at radius 2 is 1.00 bits per heavy atom. The van der Waals surface area contributed by atoms with Crippen molar-refractivity contribution in [2.45, 2.75) is 225 Å². The zero-order chi connectivity index (χ0) is 41.4. The van der Waals surface area contributed by atoms with Gasteiger partial charge in [0.15, 0.2) is 6.10 Å². The van der Waals surface area contributed by atoms with E-state index in [9.17, 15) is 19.5 Å². The molecule has 0 aliphatic heterocycles. The number of ether oxygens (including phenoxy) is 3. The Bertz CT molecular complexity index is 973. The maximum Gasteiger partial charge on any atom is 0.306 e. The second-order valence-corrected chi connectivity index (χ2v) is 17.0. The van der Waals surface area contributed by atoms with Crippen LogP contribution in [0.1, 0.15) is 213 Å². The van der Waals surface area contributed by atoms with E-state index in [1.807, 2.05) is 0 Å². The standard InChI is InChI=1S/C48H89NO7/c1-6-8-10-12-14-16-17-18-19-20-21-22-23-24-25-26-27-28-29-31-33-35-37-39-47(51)56-44(42-54-41-40-45(48(52)53)49(3,4)5)43-55-46(50)38-36-34-32-30-15-13-11-9-7-2/h9,11,15,30,44-45H,6-8,10,12-14,16-29,31-43H2,1-5H3/b11-9+,30-15+. The van der Waals surface area contributed by atoms with Crippen molar-refractivity contribution in [2.75, 3.05) is 41.0 Å². The number of likely N-dealkylation sites (N-methyl/N-ethyl adjacent to an activating group) is 1. The highest BCUT2D eigenvalue weighted by atomic mass is 16.6. The molecule has 0 radical (unpaired) electrons. The lowest BCUT2D eigenvalue weighted by atomic mass is 10.0. The predicted molar refractivity (Wildman–Crippen MR) is 231 cm³/mol. The Labute approximate surface area is 345 Å². The zero-order valence-corrected chi connectivity index (χ0v) is 37.3. The normalized spacial score (nSPS) is 13.1. The number of rotatable bonds is 42. The SMILES string of the molecule is CC/C=C/C/C=C/CCCCC(=O)OCC(COCCC(C(=O)[O-])[N+](C)(C)C)OC(=O)CCCCCCCCCCCCCCCCCCCCCCCCC. The summed E-state index contributed by atoms with van der Waals surface area (Å²) in [6, 6.07) is -0.727. The number of unbranched alkanes of at least 4 members (excludes halogenated alkanes) is 24. The molecule has 0 aliphatic rings. The third-order valence-corrected chi connectivity index (χ3v) is 10.6. The smallest absolute Gasteiger partial charge is 0.306 e. The second-order valence-electron chi connectivity index (χ2n) is 17.0. The van der Waals surface area contributed by atoms with Crippen LogP contribution in [0.25, 0.3) is 0 Å². The summed E-state index contributed by atoms with van der Waals surface area (Å²) >= 11 is 0. The van der Waals surface area contributed by atoms with Crippen molar-refractivity contribution in [1.82, 2.24) is 0 Å². The molecule has 0 N–H and O–H groups in total. The van der Waals surface area contributed by atoms with Gasteiger partial charge in [-0.3, -0.25) is 9.59 Å². The van der Waals surface area contributed by atoms with Crippen molar-refractivity contribution in [1.29, 1.82) is 0 Å². The van der Waals surface area contributed by atoms with Gasteiger partial charge in [-0.2, -0.15) is 0 Å². The number of carbonyl (C=O) groups is 3. The molecule has 0 rings (SSSR count). The molecule has 328 valence electrons. The minimum absolute atomic E-state index is 0.0343. The topological polar surface area (TPSA) is 102 Å². The number of aliphatic carboxylic acids is 1. The molecule has 8 nitrogen and oxygen atoms in total. The van der Waals surface area contributed by atoms with Gasteiger partial charge in [0, 0.05) is 19.3 Å². The molecular weight excluding hydrogens is 703 g/mol. The Hall–Kier alpha value is -2.19. The molecule has 2 unspecified atom stereocenters. The van der Waals surface area contributed by atoms with Crippen LogP contribution in [0, 0.1) is 0 Å². The van der Waals surface area contributed by atoms with Crippen LogP contribution in [0.3, 0.4) is 0 Å². The summed E-state index contributed by atoms with van der Waals surface area (Å²) in [7, 11) is 5.40. The van der Waals surface area contributed by atoms with Gasteiger partial charge in [-0.1, -0.05) is 179 Å². The van der Waals surface area contributed by atoms with Crippen LogP contribution in [0.4, 0.5) is 0 Å². The van der Waals surface area contributed by atoms with Gasteiger partial charge in [0.25, 0.3) is 0 Å². The number of hydrogen-bond acceptors (Lipinski definition) is 7. The number of carboxylic acid groups (broad SMARTS) is 1. The van der Waals surface area contributed by atoms with Crippen molar-refractivity contribution in [2.24, 2.45) is 0 Å². The molecule has 56 heavy (non-hydrogen) atoms. The number of carbonyl (C=O) groups excluding carboxylic acids is 3. The Morgan fingerprint density at radius 3 is 1.46 bits per heavy atom. The molecule has 2 atom stereocenters. The van der Waals surface area contributed by atoms with Crippen LogP contribution in [-0.4, -0.2) is 75.5 Å². The molecule has 8 heteroatoms. The quantitative estimate of drug-likeness (QED) is 0.0262. The van der Waals surface area contributed by atoms with Crippen LogP contribution in [0.5, 0.6) is 0 Å².